The molecule has 4 heteroatoms. The Bertz CT molecular complexity index is 947. The minimum atomic E-state index is 0.119. The summed E-state index contributed by atoms with van der Waals surface area (Å²) in [5, 5.41) is 1.12. The van der Waals surface area contributed by atoms with Crippen LogP contribution in [0.3, 0.4) is 0 Å². The Kier molecular flexibility index (Phi) is 5.49. The van der Waals surface area contributed by atoms with Crippen LogP contribution >= 0.6 is 0 Å². The molecule has 2 aromatic carbocycles. The maximum absolute atomic E-state index is 13.2. The summed E-state index contributed by atoms with van der Waals surface area (Å²) in [6, 6.07) is 21.1. The first kappa shape index (κ1) is 18.8. The molecule has 0 radical (unpaired) electrons. The molecular formula is C24H29N3O. The molecule has 0 spiro atoms. The molecule has 1 aliphatic rings. The van der Waals surface area contributed by atoms with Gasteiger partial charge in [-0.15, -0.1) is 0 Å². The van der Waals surface area contributed by atoms with Crippen LogP contribution in [0.4, 0.5) is 0 Å². The lowest BCUT2D eigenvalue weighted by Gasteiger charge is -2.37. The predicted molar refractivity (Wildman–Crippen MR) is 115 cm³/mol. The number of likely N-dealkylation sites (tertiary alicyclic amines) is 1. The van der Waals surface area contributed by atoms with Crippen LogP contribution < -0.4 is 0 Å². The highest BCUT2D eigenvalue weighted by molar-refractivity contribution is 5.98. The zero-order valence-corrected chi connectivity index (χ0v) is 16.8. The molecule has 0 unspecified atom stereocenters. The number of carbonyl (C=O) groups excluding carboxylic acids is 1. The van der Waals surface area contributed by atoms with Crippen molar-refractivity contribution in [2.45, 2.75) is 25.3 Å². The van der Waals surface area contributed by atoms with Gasteiger partial charge in [0.15, 0.2) is 0 Å². The number of para-hydroxylation sites is 1. The van der Waals surface area contributed by atoms with Gasteiger partial charge in [0.2, 0.25) is 0 Å². The number of amides is 1. The van der Waals surface area contributed by atoms with Crippen molar-refractivity contribution in [1.29, 1.82) is 0 Å². The molecule has 1 atom stereocenters. The summed E-state index contributed by atoms with van der Waals surface area (Å²) in [5.41, 5.74) is 3.25. The zero-order chi connectivity index (χ0) is 19.5. The third-order valence-corrected chi connectivity index (χ3v) is 6.08. The minimum Gasteiger partial charge on any atom is -0.340 e. The van der Waals surface area contributed by atoms with Crippen molar-refractivity contribution in [3.63, 3.8) is 0 Å². The lowest BCUT2D eigenvalue weighted by atomic mass is 10.0. The van der Waals surface area contributed by atoms with E-state index < -0.39 is 0 Å². The number of hydrogen-bond donors (Lipinski definition) is 0. The van der Waals surface area contributed by atoms with E-state index >= 15 is 0 Å². The summed E-state index contributed by atoms with van der Waals surface area (Å²) < 4.78 is 2.02. The number of rotatable bonds is 5. The van der Waals surface area contributed by atoms with Gasteiger partial charge < -0.3 is 14.4 Å². The molecule has 146 valence electrons. The van der Waals surface area contributed by atoms with Crippen molar-refractivity contribution >= 4 is 16.8 Å². The molecule has 1 saturated heterocycles. The Morgan fingerprint density at radius 3 is 2.64 bits per heavy atom. The molecule has 1 aliphatic heterocycles. The van der Waals surface area contributed by atoms with Gasteiger partial charge in [-0.2, -0.15) is 0 Å². The number of benzene rings is 2. The summed E-state index contributed by atoms with van der Waals surface area (Å²) in [6.45, 7) is 3.13. The molecule has 0 aliphatic carbocycles. The van der Waals surface area contributed by atoms with Gasteiger partial charge in [0.1, 0.15) is 5.69 Å². The Balaban J connectivity index is 1.42. The number of hydrogen-bond acceptors (Lipinski definition) is 2. The van der Waals surface area contributed by atoms with E-state index in [2.05, 4.69) is 47.4 Å². The second-order valence-electron chi connectivity index (χ2n) is 7.90. The van der Waals surface area contributed by atoms with Crippen LogP contribution in [0.25, 0.3) is 10.9 Å². The monoisotopic (exact) mass is 375 g/mol. The van der Waals surface area contributed by atoms with E-state index in [9.17, 15) is 4.79 Å². The van der Waals surface area contributed by atoms with Gasteiger partial charge in [-0.05, 0) is 43.5 Å². The zero-order valence-electron chi connectivity index (χ0n) is 16.8. The highest BCUT2D eigenvalue weighted by Gasteiger charge is 2.28. The second kappa shape index (κ2) is 8.19. The van der Waals surface area contributed by atoms with Crippen molar-refractivity contribution in [2.24, 2.45) is 7.05 Å². The number of carbonyl (C=O) groups is 1. The normalized spacial score (nSPS) is 17.7. The maximum Gasteiger partial charge on any atom is 0.270 e. The predicted octanol–water partition coefficient (Wildman–Crippen LogP) is 3.96. The van der Waals surface area contributed by atoms with Gasteiger partial charge in [0, 0.05) is 44.1 Å². The fourth-order valence-corrected chi connectivity index (χ4v) is 4.32. The molecule has 0 bridgehead atoms. The Hall–Kier alpha value is -2.59. The van der Waals surface area contributed by atoms with Crippen LogP contribution in [0, 0.1) is 0 Å². The molecule has 28 heavy (non-hydrogen) atoms. The fourth-order valence-electron chi connectivity index (χ4n) is 4.32. The van der Waals surface area contributed by atoms with Gasteiger partial charge in [0.05, 0.1) is 0 Å². The highest BCUT2D eigenvalue weighted by Crippen LogP contribution is 2.22. The standard InChI is InChI=1S/C24H29N3O/c1-25(24(28)23-17-20-11-6-7-13-22(20)26(23)2)21-12-8-15-27(18-21)16-14-19-9-4-3-5-10-19/h3-7,9-11,13,17,21H,8,12,14-16,18H2,1-2H3/t21-/m1/s1. The summed E-state index contributed by atoms with van der Waals surface area (Å²) in [5.74, 6) is 0.119. The largest absolute Gasteiger partial charge is 0.340 e. The number of aromatic nitrogens is 1. The summed E-state index contributed by atoms with van der Waals surface area (Å²) in [6.07, 6.45) is 3.29. The molecule has 1 aromatic heterocycles. The molecule has 4 rings (SSSR count). The Labute approximate surface area is 167 Å². The number of likely N-dealkylation sites (N-methyl/N-ethyl adjacent to an activating group) is 1. The average molecular weight is 376 g/mol. The first-order valence-electron chi connectivity index (χ1n) is 10.2. The molecule has 0 N–H and O–H groups in total. The summed E-state index contributed by atoms with van der Waals surface area (Å²) in [7, 11) is 3.95. The smallest absolute Gasteiger partial charge is 0.270 e. The number of aryl methyl sites for hydroxylation is 1. The Morgan fingerprint density at radius 1 is 1.11 bits per heavy atom. The van der Waals surface area contributed by atoms with Crippen LogP contribution in [-0.2, 0) is 13.5 Å². The van der Waals surface area contributed by atoms with Gasteiger partial charge in [0.25, 0.3) is 5.91 Å². The van der Waals surface area contributed by atoms with Crippen molar-refractivity contribution in [3.8, 4) is 0 Å². The van der Waals surface area contributed by atoms with E-state index in [1.54, 1.807) is 0 Å². The second-order valence-corrected chi connectivity index (χ2v) is 7.90. The van der Waals surface area contributed by atoms with E-state index in [0.717, 1.165) is 55.5 Å². The van der Waals surface area contributed by atoms with Gasteiger partial charge in [-0.25, -0.2) is 0 Å². The number of fused-ring (bicyclic) bond motifs is 1. The molecule has 1 amide bonds. The summed E-state index contributed by atoms with van der Waals surface area (Å²) >= 11 is 0. The van der Waals surface area contributed by atoms with E-state index in [-0.39, 0.29) is 11.9 Å². The van der Waals surface area contributed by atoms with E-state index in [0.29, 0.717) is 0 Å². The van der Waals surface area contributed by atoms with Crippen molar-refractivity contribution in [1.82, 2.24) is 14.4 Å². The highest BCUT2D eigenvalue weighted by atomic mass is 16.2. The number of nitrogens with zero attached hydrogens (tertiary/aromatic N) is 3. The van der Waals surface area contributed by atoms with Crippen molar-refractivity contribution in [3.05, 3.63) is 71.9 Å². The van der Waals surface area contributed by atoms with Crippen LogP contribution in [0.2, 0.25) is 0 Å². The SMILES string of the molecule is CN(C(=O)c1cc2ccccc2n1C)[C@@H]1CCCN(CCc2ccccc2)C1. The van der Waals surface area contributed by atoms with Crippen LogP contribution in [0.5, 0.6) is 0 Å². The Morgan fingerprint density at radius 2 is 1.86 bits per heavy atom. The van der Waals surface area contributed by atoms with Gasteiger partial charge in [-0.1, -0.05) is 48.5 Å². The molecule has 4 nitrogen and oxygen atoms in total. The minimum absolute atomic E-state index is 0.119. The van der Waals surface area contributed by atoms with Crippen LogP contribution in [-0.4, -0.2) is 53.0 Å². The van der Waals surface area contributed by atoms with Crippen molar-refractivity contribution < 1.29 is 4.79 Å². The van der Waals surface area contributed by atoms with Crippen molar-refractivity contribution in [2.75, 3.05) is 26.7 Å². The first-order chi connectivity index (χ1) is 13.6. The lowest BCUT2D eigenvalue weighted by Crippen LogP contribution is -2.49. The lowest BCUT2D eigenvalue weighted by molar-refractivity contribution is 0.0610. The third-order valence-electron chi connectivity index (χ3n) is 6.08. The quantitative estimate of drug-likeness (QED) is 0.675. The fraction of sp³-hybridized carbons (Fsp3) is 0.375. The first-order valence-corrected chi connectivity index (χ1v) is 10.2. The van der Waals surface area contributed by atoms with E-state index in [4.69, 9.17) is 0 Å². The molecule has 3 aromatic rings. The average Bonchev–Trinajstić information content (AvgIpc) is 3.09. The van der Waals surface area contributed by atoms with E-state index in [1.807, 2.05) is 41.8 Å². The van der Waals surface area contributed by atoms with Crippen LogP contribution in [0.15, 0.2) is 60.7 Å². The molecule has 2 heterocycles. The molecule has 1 fully saturated rings. The van der Waals surface area contributed by atoms with Crippen LogP contribution in [0.1, 0.15) is 28.9 Å². The molecular weight excluding hydrogens is 346 g/mol. The topological polar surface area (TPSA) is 28.5 Å². The maximum atomic E-state index is 13.2. The third kappa shape index (κ3) is 3.83. The molecule has 0 saturated carbocycles. The van der Waals surface area contributed by atoms with Gasteiger partial charge >= 0.3 is 0 Å². The number of piperidine rings is 1. The summed E-state index contributed by atoms with van der Waals surface area (Å²) in [4.78, 5) is 17.7. The van der Waals surface area contributed by atoms with E-state index in [1.165, 1.54) is 5.56 Å². The van der Waals surface area contributed by atoms with Gasteiger partial charge in [-0.3, -0.25) is 4.79 Å².